The third-order valence-electron chi connectivity index (χ3n) is 5.46. The molecule has 4 aromatic rings. The molecule has 0 bridgehead atoms. The van der Waals surface area contributed by atoms with Crippen LogP contribution in [0.2, 0.25) is 0 Å². The lowest BCUT2D eigenvalue weighted by atomic mass is 9.98. The molecule has 0 saturated heterocycles. The van der Waals surface area contributed by atoms with E-state index >= 15 is 0 Å². The number of benzene rings is 3. The number of amides is 1. The average Bonchev–Trinajstić information content (AvgIpc) is 3.14. The summed E-state index contributed by atoms with van der Waals surface area (Å²) in [5.74, 6) is 0.0570. The van der Waals surface area contributed by atoms with E-state index in [1.165, 1.54) is 22.3 Å². The van der Waals surface area contributed by atoms with Gasteiger partial charge in [-0.05, 0) is 40.5 Å². The number of ether oxygens (including phenoxy) is 1. The lowest BCUT2D eigenvalue weighted by Gasteiger charge is -2.14. The van der Waals surface area contributed by atoms with Crippen LogP contribution >= 0.6 is 0 Å². The molecule has 1 N–H and O–H groups in total. The van der Waals surface area contributed by atoms with Crippen LogP contribution in [0.3, 0.4) is 0 Å². The second-order valence-electron chi connectivity index (χ2n) is 7.39. The van der Waals surface area contributed by atoms with Gasteiger partial charge < -0.3 is 10.1 Å². The predicted octanol–water partition coefficient (Wildman–Crippen LogP) is 5.18. The Bertz CT molecular complexity index is 1240. The highest BCUT2D eigenvalue weighted by molar-refractivity contribution is 5.79. The van der Waals surface area contributed by atoms with E-state index in [-0.39, 0.29) is 5.92 Å². The van der Waals surface area contributed by atoms with Crippen molar-refractivity contribution in [3.05, 3.63) is 102 Å². The van der Waals surface area contributed by atoms with Gasteiger partial charge in [-0.3, -0.25) is 4.98 Å². The monoisotopic (exact) mass is 407 g/mol. The van der Waals surface area contributed by atoms with Gasteiger partial charge in [-0.15, -0.1) is 0 Å². The van der Waals surface area contributed by atoms with Gasteiger partial charge in [0.25, 0.3) is 0 Å². The van der Waals surface area contributed by atoms with E-state index in [9.17, 15) is 4.79 Å². The first-order valence-corrected chi connectivity index (χ1v) is 10.3. The van der Waals surface area contributed by atoms with Gasteiger partial charge in [0.2, 0.25) is 0 Å². The third kappa shape index (κ3) is 3.90. The fourth-order valence-corrected chi connectivity index (χ4v) is 4.02. The maximum absolute atomic E-state index is 12.2. The molecule has 0 unspecified atom stereocenters. The van der Waals surface area contributed by atoms with Crippen LogP contribution in [-0.4, -0.2) is 29.2 Å². The summed E-state index contributed by atoms with van der Waals surface area (Å²) in [6.45, 7) is 0.658. The summed E-state index contributed by atoms with van der Waals surface area (Å²) in [5.41, 5.74) is 7.27. The van der Waals surface area contributed by atoms with Gasteiger partial charge in [-0.2, -0.15) is 0 Å². The molecule has 0 radical (unpaired) electrons. The molecular formula is C26H21N3O2. The van der Waals surface area contributed by atoms with Crippen molar-refractivity contribution in [1.29, 1.82) is 0 Å². The van der Waals surface area contributed by atoms with E-state index in [4.69, 9.17) is 4.74 Å². The SMILES string of the molecule is O=C(NCC=Cc1cnc2ccccc2n1)OCC1c2ccccc2-c2ccccc21. The molecule has 5 heteroatoms. The maximum atomic E-state index is 12.2. The van der Waals surface area contributed by atoms with Gasteiger partial charge in [0.05, 0.1) is 22.9 Å². The highest BCUT2D eigenvalue weighted by Gasteiger charge is 2.28. The van der Waals surface area contributed by atoms with Crippen molar-refractivity contribution < 1.29 is 9.53 Å². The zero-order valence-corrected chi connectivity index (χ0v) is 16.9. The molecule has 3 aromatic carbocycles. The minimum absolute atomic E-state index is 0.0570. The van der Waals surface area contributed by atoms with Crippen LogP contribution in [0.1, 0.15) is 22.7 Å². The van der Waals surface area contributed by atoms with Gasteiger partial charge >= 0.3 is 6.09 Å². The Labute approximate surface area is 180 Å². The molecule has 152 valence electrons. The Hall–Kier alpha value is -3.99. The van der Waals surface area contributed by atoms with Gasteiger partial charge in [0.1, 0.15) is 6.61 Å². The molecule has 1 aromatic heterocycles. The van der Waals surface area contributed by atoms with E-state index in [1.807, 2.05) is 60.7 Å². The quantitative estimate of drug-likeness (QED) is 0.495. The fraction of sp³-hybridized carbons (Fsp3) is 0.115. The number of rotatable bonds is 5. The van der Waals surface area contributed by atoms with Crippen molar-refractivity contribution in [2.75, 3.05) is 13.2 Å². The first-order valence-electron chi connectivity index (χ1n) is 10.3. The van der Waals surface area contributed by atoms with E-state index in [2.05, 4.69) is 39.6 Å². The Balaban J connectivity index is 1.17. The summed E-state index contributed by atoms with van der Waals surface area (Å²) < 4.78 is 5.54. The van der Waals surface area contributed by atoms with Crippen molar-refractivity contribution in [3.8, 4) is 11.1 Å². The smallest absolute Gasteiger partial charge is 0.407 e. The summed E-state index contributed by atoms with van der Waals surface area (Å²) in [4.78, 5) is 21.1. The van der Waals surface area contributed by atoms with Crippen molar-refractivity contribution in [3.63, 3.8) is 0 Å². The van der Waals surface area contributed by atoms with E-state index < -0.39 is 6.09 Å². The average molecular weight is 407 g/mol. The molecule has 0 fully saturated rings. The molecule has 5 nitrogen and oxygen atoms in total. The minimum atomic E-state index is -0.434. The Morgan fingerprint density at radius 3 is 2.29 bits per heavy atom. The molecule has 31 heavy (non-hydrogen) atoms. The Kier molecular flexibility index (Phi) is 5.15. The summed E-state index contributed by atoms with van der Waals surface area (Å²) in [5, 5.41) is 2.77. The number of aromatic nitrogens is 2. The number of para-hydroxylation sites is 2. The number of fused-ring (bicyclic) bond motifs is 4. The first kappa shape index (κ1) is 19.0. The highest BCUT2D eigenvalue weighted by atomic mass is 16.5. The Morgan fingerprint density at radius 2 is 1.55 bits per heavy atom. The minimum Gasteiger partial charge on any atom is -0.449 e. The van der Waals surface area contributed by atoms with Gasteiger partial charge in [-0.1, -0.05) is 66.7 Å². The highest BCUT2D eigenvalue weighted by Crippen LogP contribution is 2.44. The van der Waals surface area contributed by atoms with Crippen LogP contribution < -0.4 is 5.32 Å². The van der Waals surface area contributed by atoms with E-state index in [0.29, 0.717) is 13.2 Å². The summed E-state index contributed by atoms with van der Waals surface area (Å²) in [6.07, 6.45) is 4.95. The molecule has 1 amide bonds. The van der Waals surface area contributed by atoms with Crippen LogP contribution in [-0.2, 0) is 4.74 Å². The number of nitrogens with zero attached hydrogens (tertiary/aromatic N) is 2. The van der Waals surface area contributed by atoms with Crippen molar-refractivity contribution in [2.24, 2.45) is 0 Å². The number of carbonyl (C=O) groups excluding carboxylic acids is 1. The number of carbonyl (C=O) groups is 1. The third-order valence-corrected chi connectivity index (χ3v) is 5.46. The molecule has 0 spiro atoms. The van der Waals surface area contributed by atoms with E-state index in [0.717, 1.165) is 16.7 Å². The van der Waals surface area contributed by atoms with Gasteiger partial charge in [0, 0.05) is 12.5 Å². The standard InChI is InChI=1S/C26H21N3O2/c30-26(27-15-7-8-18-16-28-24-13-5-6-14-25(24)29-18)31-17-23-21-11-3-1-9-19(21)20-10-2-4-12-22(20)23/h1-14,16,23H,15,17H2,(H,27,30). The van der Waals surface area contributed by atoms with Crippen LogP contribution in [0, 0.1) is 0 Å². The maximum Gasteiger partial charge on any atom is 0.407 e. The zero-order valence-electron chi connectivity index (χ0n) is 16.9. The predicted molar refractivity (Wildman–Crippen MR) is 122 cm³/mol. The lowest BCUT2D eigenvalue weighted by Crippen LogP contribution is -2.26. The normalized spacial score (nSPS) is 12.6. The zero-order chi connectivity index (χ0) is 21.0. The molecule has 1 heterocycles. The van der Waals surface area contributed by atoms with Gasteiger partial charge in [0.15, 0.2) is 0 Å². The molecule has 0 atom stereocenters. The van der Waals surface area contributed by atoms with Crippen molar-refractivity contribution in [2.45, 2.75) is 5.92 Å². The fourth-order valence-electron chi connectivity index (χ4n) is 4.02. The summed E-state index contributed by atoms with van der Waals surface area (Å²) >= 11 is 0. The van der Waals surface area contributed by atoms with Crippen molar-refractivity contribution >= 4 is 23.2 Å². The van der Waals surface area contributed by atoms with Crippen LogP contribution in [0.25, 0.3) is 28.2 Å². The molecular weight excluding hydrogens is 386 g/mol. The second kappa shape index (κ2) is 8.40. The largest absolute Gasteiger partial charge is 0.449 e. The van der Waals surface area contributed by atoms with Crippen molar-refractivity contribution in [1.82, 2.24) is 15.3 Å². The molecule has 5 rings (SSSR count). The molecule has 0 saturated carbocycles. The summed E-state index contributed by atoms with van der Waals surface area (Å²) in [7, 11) is 0. The van der Waals surface area contributed by atoms with Crippen LogP contribution in [0.4, 0.5) is 4.79 Å². The first-order chi connectivity index (χ1) is 15.3. The number of alkyl carbamates (subject to hydrolysis) is 1. The van der Waals surface area contributed by atoms with Crippen LogP contribution in [0.15, 0.2) is 85.1 Å². The van der Waals surface area contributed by atoms with Gasteiger partial charge in [-0.25, -0.2) is 9.78 Å². The van der Waals surface area contributed by atoms with Crippen LogP contribution in [0.5, 0.6) is 0 Å². The number of hydrogen-bond acceptors (Lipinski definition) is 4. The molecule has 0 aliphatic heterocycles. The number of hydrogen-bond donors (Lipinski definition) is 1. The summed E-state index contributed by atoms with van der Waals surface area (Å²) in [6, 6.07) is 24.3. The number of nitrogens with one attached hydrogen (secondary N) is 1. The molecule has 1 aliphatic rings. The van der Waals surface area contributed by atoms with E-state index in [1.54, 1.807) is 6.20 Å². The lowest BCUT2D eigenvalue weighted by molar-refractivity contribution is 0.144. The molecule has 1 aliphatic carbocycles. The topological polar surface area (TPSA) is 64.1 Å². The second-order valence-corrected chi connectivity index (χ2v) is 7.39. The Morgan fingerprint density at radius 1 is 0.903 bits per heavy atom.